The maximum atomic E-state index is 13.2. The summed E-state index contributed by atoms with van der Waals surface area (Å²) in [7, 11) is -7.46. The van der Waals surface area contributed by atoms with Crippen molar-refractivity contribution in [1.82, 2.24) is 4.31 Å². The predicted molar refractivity (Wildman–Crippen MR) is 101 cm³/mol. The highest BCUT2D eigenvalue weighted by molar-refractivity contribution is 7.91. The molecule has 0 amide bonds. The van der Waals surface area contributed by atoms with E-state index in [0.717, 1.165) is 36.3 Å². The Morgan fingerprint density at radius 1 is 1.04 bits per heavy atom. The Morgan fingerprint density at radius 3 is 2.19 bits per heavy atom. The Hall–Kier alpha value is -1.41. The molecule has 2 aromatic rings. The first kappa shape index (κ1) is 19.4. The Balaban J connectivity index is 2.02. The van der Waals surface area contributed by atoms with Gasteiger partial charge in [-0.3, -0.25) is 0 Å². The normalized spacial score (nSPS) is 15.4. The lowest BCUT2D eigenvalue weighted by atomic mass is 10.1. The minimum atomic E-state index is -3.92. The van der Waals surface area contributed by atoms with Crippen LogP contribution in [0.3, 0.4) is 0 Å². The molecule has 0 heterocycles. The molecule has 1 aliphatic rings. The van der Waals surface area contributed by atoms with E-state index < -0.39 is 19.9 Å². The maximum Gasteiger partial charge on any atom is 0.245 e. The monoisotopic (exact) mass is 413 g/mol. The standard InChI is InChI=1S/C18H20ClNO4S2/c1-13-3-5-14(6-4-13)12-20(15-7-8-15)26(23,24)18-11-16(25(2,21)22)9-10-17(18)19/h3-6,9-11,15H,7-8,12H2,1-2H3. The molecule has 1 aliphatic carbocycles. The topological polar surface area (TPSA) is 71.5 Å². The highest BCUT2D eigenvalue weighted by atomic mass is 35.5. The first-order valence-corrected chi connectivity index (χ1v) is 11.9. The lowest BCUT2D eigenvalue weighted by Crippen LogP contribution is -2.33. The van der Waals surface area contributed by atoms with E-state index in [1.54, 1.807) is 0 Å². The quantitative estimate of drug-likeness (QED) is 0.727. The van der Waals surface area contributed by atoms with Gasteiger partial charge in [0.05, 0.1) is 9.92 Å². The van der Waals surface area contributed by atoms with Crippen LogP contribution in [0.5, 0.6) is 0 Å². The van der Waals surface area contributed by atoms with Crippen molar-refractivity contribution in [2.75, 3.05) is 6.26 Å². The van der Waals surface area contributed by atoms with Crippen molar-refractivity contribution in [3.05, 3.63) is 58.6 Å². The van der Waals surface area contributed by atoms with Crippen LogP contribution >= 0.6 is 11.6 Å². The zero-order valence-corrected chi connectivity index (χ0v) is 16.9. The van der Waals surface area contributed by atoms with E-state index in [0.29, 0.717) is 0 Å². The lowest BCUT2D eigenvalue weighted by Gasteiger charge is -2.23. The van der Waals surface area contributed by atoms with Gasteiger partial charge in [0.25, 0.3) is 0 Å². The zero-order valence-electron chi connectivity index (χ0n) is 14.5. The SMILES string of the molecule is Cc1ccc(CN(C2CC2)S(=O)(=O)c2cc(S(C)(=O)=O)ccc2Cl)cc1. The third kappa shape index (κ3) is 4.11. The van der Waals surface area contributed by atoms with Crippen molar-refractivity contribution in [2.45, 2.75) is 42.1 Å². The van der Waals surface area contributed by atoms with Crippen LogP contribution in [0.25, 0.3) is 0 Å². The molecular formula is C18H20ClNO4S2. The molecule has 1 fully saturated rings. The van der Waals surface area contributed by atoms with Gasteiger partial charge in [-0.25, -0.2) is 16.8 Å². The molecule has 0 saturated heterocycles. The van der Waals surface area contributed by atoms with Crippen LogP contribution in [0.4, 0.5) is 0 Å². The summed E-state index contributed by atoms with van der Waals surface area (Å²) >= 11 is 6.12. The number of nitrogens with zero attached hydrogens (tertiary/aromatic N) is 1. The number of rotatable bonds is 6. The largest absolute Gasteiger partial charge is 0.245 e. The molecule has 0 spiro atoms. The molecule has 0 aliphatic heterocycles. The third-order valence-corrected chi connectivity index (χ3v) is 7.82. The van der Waals surface area contributed by atoms with Gasteiger partial charge in [-0.15, -0.1) is 0 Å². The van der Waals surface area contributed by atoms with Gasteiger partial charge in [0, 0.05) is 18.8 Å². The first-order chi connectivity index (χ1) is 12.1. The molecule has 0 N–H and O–H groups in total. The van der Waals surface area contributed by atoms with Crippen molar-refractivity contribution in [3.8, 4) is 0 Å². The van der Waals surface area contributed by atoms with E-state index in [2.05, 4.69) is 0 Å². The molecule has 0 radical (unpaired) electrons. The highest BCUT2D eigenvalue weighted by Gasteiger charge is 2.39. The fourth-order valence-corrected chi connectivity index (χ4v) is 5.58. The molecule has 0 bridgehead atoms. The molecule has 0 atom stereocenters. The summed E-state index contributed by atoms with van der Waals surface area (Å²) in [6.45, 7) is 2.20. The highest BCUT2D eigenvalue weighted by Crippen LogP contribution is 2.36. The molecule has 140 valence electrons. The Morgan fingerprint density at radius 2 is 1.65 bits per heavy atom. The van der Waals surface area contributed by atoms with Gasteiger partial charge in [0.1, 0.15) is 4.90 Å². The Bertz CT molecular complexity index is 1030. The molecule has 5 nitrogen and oxygen atoms in total. The molecule has 0 aromatic heterocycles. The molecular weight excluding hydrogens is 394 g/mol. The number of aryl methyl sites for hydroxylation is 1. The van der Waals surface area contributed by atoms with Crippen LogP contribution in [0.1, 0.15) is 24.0 Å². The van der Waals surface area contributed by atoms with E-state index in [4.69, 9.17) is 11.6 Å². The van der Waals surface area contributed by atoms with Crippen molar-refractivity contribution in [2.24, 2.45) is 0 Å². The smallest absolute Gasteiger partial charge is 0.224 e. The van der Waals surface area contributed by atoms with Gasteiger partial charge in [0.15, 0.2) is 9.84 Å². The number of hydrogen-bond donors (Lipinski definition) is 0. The molecule has 8 heteroatoms. The number of hydrogen-bond acceptors (Lipinski definition) is 4. The van der Waals surface area contributed by atoms with E-state index in [1.165, 1.54) is 16.4 Å². The van der Waals surface area contributed by atoms with Crippen LogP contribution in [0, 0.1) is 6.92 Å². The second kappa shape index (κ2) is 6.96. The van der Waals surface area contributed by atoms with Crippen molar-refractivity contribution in [1.29, 1.82) is 0 Å². The van der Waals surface area contributed by atoms with Crippen molar-refractivity contribution < 1.29 is 16.8 Å². The fourth-order valence-electron chi connectivity index (χ4n) is 2.68. The van der Waals surface area contributed by atoms with Crippen molar-refractivity contribution in [3.63, 3.8) is 0 Å². The molecule has 0 unspecified atom stereocenters. The number of sulfonamides is 1. The molecule has 1 saturated carbocycles. The maximum absolute atomic E-state index is 13.2. The number of halogens is 1. The minimum absolute atomic E-state index is 0.0203. The van der Waals surface area contributed by atoms with Gasteiger partial charge in [-0.05, 0) is 43.5 Å². The van der Waals surface area contributed by atoms with Gasteiger partial charge >= 0.3 is 0 Å². The van der Waals surface area contributed by atoms with Gasteiger partial charge in [-0.2, -0.15) is 4.31 Å². The summed E-state index contributed by atoms with van der Waals surface area (Å²) < 4.78 is 51.5. The van der Waals surface area contributed by atoms with E-state index in [-0.39, 0.29) is 27.4 Å². The van der Waals surface area contributed by atoms with Crippen LogP contribution in [-0.2, 0) is 26.4 Å². The zero-order chi connectivity index (χ0) is 19.1. The first-order valence-electron chi connectivity index (χ1n) is 8.16. The van der Waals surface area contributed by atoms with Crippen LogP contribution in [0.15, 0.2) is 52.3 Å². The summed E-state index contributed by atoms with van der Waals surface area (Å²) in [4.78, 5) is -0.229. The Labute approximate surface area is 159 Å². The molecule has 3 rings (SSSR count). The van der Waals surface area contributed by atoms with Crippen molar-refractivity contribution >= 4 is 31.5 Å². The number of benzene rings is 2. The van der Waals surface area contributed by atoms with Crippen LogP contribution < -0.4 is 0 Å². The molecule has 26 heavy (non-hydrogen) atoms. The average Bonchev–Trinajstić information content (AvgIpc) is 3.38. The average molecular weight is 414 g/mol. The van der Waals surface area contributed by atoms with Crippen LogP contribution in [0.2, 0.25) is 5.02 Å². The van der Waals surface area contributed by atoms with Gasteiger partial charge < -0.3 is 0 Å². The van der Waals surface area contributed by atoms with Gasteiger partial charge in [0.2, 0.25) is 10.0 Å². The number of sulfone groups is 1. The fraction of sp³-hybridized carbons (Fsp3) is 0.333. The summed E-state index contributed by atoms with van der Waals surface area (Å²) in [5.41, 5.74) is 1.97. The third-order valence-electron chi connectivity index (χ3n) is 4.33. The van der Waals surface area contributed by atoms with Gasteiger partial charge in [-0.1, -0.05) is 41.4 Å². The summed E-state index contributed by atoms with van der Waals surface area (Å²) in [5.74, 6) is 0. The summed E-state index contributed by atoms with van der Waals surface area (Å²) in [6, 6.07) is 11.4. The summed E-state index contributed by atoms with van der Waals surface area (Å²) in [5, 5.41) is 0.0203. The van der Waals surface area contributed by atoms with E-state index >= 15 is 0 Å². The Kier molecular flexibility index (Phi) is 5.18. The van der Waals surface area contributed by atoms with Crippen LogP contribution in [-0.4, -0.2) is 33.4 Å². The molecule has 2 aromatic carbocycles. The van der Waals surface area contributed by atoms with E-state index in [9.17, 15) is 16.8 Å². The second-order valence-corrected chi connectivity index (χ2v) is 10.9. The minimum Gasteiger partial charge on any atom is -0.224 e. The second-order valence-electron chi connectivity index (χ2n) is 6.63. The lowest BCUT2D eigenvalue weighted by molar-refractivity contribution is 0.398. The summed E-state index contributed by atoms with van der Waals surface area (Å²) in [6.07, 6.45) is 2.61. The predicted octanol–water partition coefficient (Wildman–Crippen LogP) is 3.41. The van der Waals surface area contributed by atoms with E-state index in [1.807, 2.05) is 31.2 Å².